The quantitative estimate of drug-likeness (QED) is 0.101. The van der Waals surface area contributed by atoms with Crippen LogP contribution in [0.2, 0.25) is 0 Å². The van der Waals surface area contributed by atoms with Crippen LogP contribution < -0.4 is 36.5 Å². The fraction of sp³-hybridized carbons (Fsp3) is 0.385. The van der Waals surface area contributed by atoms with E-state index in [1.54, 1.807) is 30.3 Å². The lowest BCUT2D eigenvalue weighted by Gasteiger charge is -2.22. The third-order valence-corrected chi connectivity index (χ3v) is 5.95. The molecule has 0 aliphatic carbocycles. The maximum Gasteiger partial charge on any atom is 0.514 e. The number of carboxylic acid groups (broad SMARTS) is 1. The molecule has 0 radical (unpaired) electrons. The van der Waals surface area contributed by atoms with Gasteiger partial charge in [0.15, 0.2) is 11.5 Å². The molecule has 2 aromatic rings. The van der Waals surface area contributed by atoms with Crippen molar-refractivity contribution in [2.24, 2.45) is 0 Å². The molecule has 1 heterocycles. The maximum absolute atomic E-state index is 13.0. The van der Waals surface area contributed by atoms with Gasteiger partial charge < -0.3 is 46.3 Å². The highest BCUT2D eigenvalue weighted by Gasteiger charge is 2.23. The number of hydrogen-bond acceptors (Lipinski definition) is 8. The lowest BCUT2D eigenvalue weighted by molar-refractivity contribution is -0.123. The monoisotopic (exact) mass is 543 g/mol. The van der Waals surface area contributed by atoms with Crippen LogP contribution in [0.15, 0.2) is 42.5 Å². The Bertz CT molecular complexity index is 1160. The molecule has 39 heavy (non-hydrogen) atoms. The van der Waals surface area contributed by atoms with Crippen LogP contribution in [-0.4, -0.2) is 48.7 Å². The molecule has 13 nitrogen and oxygen atoms in total. The van der Waals surface area contributed by atoms with Gasteiger partial charge in [0.2, 0.25) is 12.7 Å². The number of nitrogens with two attached hydrogens (primary N) is 1. The van der Waals surface area contributed by atoms with Crippen LogP contribution in [0.4, 0.5) is 20.1 Å². The number of carbonyl (C=O) groups excluding carboxylic acids is 3. The van der Waals surface area contributed by atoms with E-state index in [1.165, 1.54) is 0 Å². The summed E-state index contributed by atoms with van der Waals surface area (Å²) in [5, 5.41) is 19.2. The van der Waals surface area contributed by atoms with Crippen molar-refractivity contribution in [3.8, 4) is 11.5 Å². The van der Waals surface area contributed by atoms with E-state index < -0.39 is 24.3 Å². The van der Waals surface area contributed by atoms with Gasteiger partial charge in [0, 0.05) is 18.8 Å². The zero-order valence-corrected chi connectivity index (χ0v) is 21.5. The van der Waals surface area contributed by atoms with E-state index in [1.807, 2.05) is 19.1 Å². The van der Waals surface area contributed by atoms with E-state index >= 15 is 0 Å². The smallest absolute Gasteiger partial charge is 0.454 e. The van der Waals surface area contributed by atoms with E-state index in [-0.39, 0.29) is 38.3 Å². The van der Waals surface area contributed by atoms with Crippen molar-refractivity contribution in [3.63, 3.8) is 0 Å². The zero-order chi connectivity index (χ0) is 28.2. The lowest BCUT2D eigenvalue weighted by Crippen LogP contribution is -2.50. The van der Waals surface area contributed by atoms with Gasteiger partial charge in [0.05, 0.1) is 6.04 Å². The molecule has 2 aromatic carbocycles. The molecule has 0 aromatic heterocycles. The molecule has 13 heteroatoms. The normalized spacial score (nSPS) is 13.1. The molecule has 7 N–H and O–H groups in total. The van der Waals surface area contributed by atoms with Crippen molar-refractivity contribution in [1.29, 1.82) is 0 Å². The molecular weight excluding hydrogens is 510 g/mol. The Kier molecular flexibility index (Phi) is 10.6. The molecule has 0 bridgehead atoms. The van der Waals surface area contributed by atoms with Crippen LogP contribution in [0.25, 0.3) is 0 Å². The Balaban J connectivity index is 1.57. The van der Waals surface area contributed by atoms with Crippen molar-refractivity contribution in [3.05, 3.63) is 53.6 Å². The summed E-state index contributed by atoms with van der Waals surface area (Å²) in [5.41, 5.74) is 7.99. The second-order valence-electron chi connectivity index (χ2n) is 8.78. The molecule has 210 valence electrons. The van der Waals surface area contributed by atoms with E-state index in [2.05, 4.69) is 26.0 Å². The summed E-state index contributed by atoms with van der Waals surface area (Å²) in [5.74, 6) is 0.867. The molecule has 2 atom stereocenters. The van der Waals surface area contributed by atoms with Crippen LogP contribution in [-0.2, 0) is 16.1 Å². The van der Waals surface area contributed by atoms with Gasteiger partial charge in [-0.15, -0.1) is 0 Å². The summed E-state index contributed by atoms with van der Waals surface area (Å²) < 4.78 is 14.7. The van der Waals surface area contributed by atoms with E-state index in [9.17, 15) is 19.2 Å². The third-order valence-electron chi connectivity index (χ3n) is 5.95. The molecule has 3 rings (SSSR count). The molecule has 0 saturated heterocycles. The van der Waals surface area contributed by atoms with Gasteiger partial charge in [-0.25, -0.2) is 14.4 Å². The molecule has 4 amide bonds. The number of fused-ring (bicyclic) bond motifs is 1. The van der Waals surface area contributed by atoms with Gasteiger partial charge in [-0.05, 0) is 61.1 Å². The SMILES string of the molecule is CC[C@H](NC(=O)N[C@@H](CCCCNC(=O)OC(=O)O)C(=O)NCc1ccc(N)cc1)c1ccc2c(c1)OCO2. The minimum atomic E-state index is -1.70. The zero-order valence-electron chi connectivity index (χ0n) is 21.5. The average molecular weight is 544 g/mol. The van der Waals surface area contributed by atoms with E-state index in [4.69, 9.17) is 20.3 Å². The predicted octanol–water partition coefficient (Wildman–Crippen LogP) is 3.01. The van der Waals surface area contributed by atoms with Gasteiger partial charge in [-0.3, -0.25) is 4.79 Å². The van der Waals surface area contributed by atoms with Crippen molar-refractivity contribution >= 4 is 29.9 Å². The van der Waals surface area contributed by atoms with Gasteiger partial charge in [-0.2, -0.15) is 0 Å². The van der Waals surface area contributed by atoms with Gasteiger partial charge in [0.25, 0.3) is 0 Å². The minimum absolute atomic E-state index is 0.139. The van der Waals surface area contributed by atoms with E-state index in [0.29, 0.717) is 36.4 Å². The lowest BCUT2D eigenvalue weighted by atomic mass is 10.0. The number of urea groups is 1. The molecule has 1 aliphatic rings. The second kappa shape index (κ2) is 14.3. The van der Waals surface area contributed by atoms with Crippen molar-refractivity contribution in [2.45, 2.75) is 51.2 Å². The number of anilines is 1. The highest BCUT2D eigenvalue weighted by Crippen LogP contribution is 2.34. The number of amides is 4. The van der Waals surface area contributed by atoms with Crippen LogP contribution in [0.1, 0.15) is 49.8 Å². The number of carbonyl (C=O) groups is 4. The highest BCUT2D eigenvalue weighted by atomic mass is 16.7. The van der Waals surface area contributed by atoms with Crippen molar-refractivity contribution in [2.75, 3.05) is 19.1 Å². The first-order chi connectivity index (χ1) is 18.7. The minimum Gasteiger partial charge on any atom is -0.454 e. The van der Waals surface area contributed by atoms with Crippen LogP contribution in [0.5, 0.6) is 11.5 Å². The summed E-state index contributed by atoms with van der Waals surface area (Å²) in [6, 6.07) is 10.8. The summed E-state index contributed by atoms with van der Waals surface area (Å²) >= 11 is 0. The Morgan fingerprint density at radius 3 is 2.46 bits per heavy atom. The second-order valence-corrected chi connectivity index (χ2v) is 8.78. The first-order valence-corrected chi connectivity index (χ1v) is 12.5. The van der Waals surface area contributed by atoms with E-state index in [0.717, 1.165) is 11.1 Å². The number of rotatable bonds is 12. The highest BCUT2D eigenvalue weighted by molar-refractivity contribution is 5.87. The number of alkyl carbamates (subject to hydrolysis) is 1. The molecule has 0 unspecified atom stereocenters. The van der Waals surface area contributed by atoms with Crippen LogP contribution in [0.3, 0.4) is 0 Å². The van der Waals surface area contributed by atoms with Crippen LogP contribution >= 0.6 is 0 Å². The molecule has 1 aliphatic heterocycles. The topological polar surface area (TPSA) is 190 Å². The van der Waals surface area contributed by atoms with Gasteiger partial charge in [-0.1, -0.05) is 25.1 Å². The molecule has 0 spiro atoms. The van der Waals surface area contributed by atoms with Gasteiger partial charge in [0.1, 0.15) is 6.04 Å². The predicted molar refractivity (Wildman–Crippen MR) is 140 cm³/mol. The van der Waals surface area contributed by atoms with Crippen LogP contribution in [0, 0.1) is 0 Å². The fourth-order valence-electron chi connectivity index (χ4n) is 3.91. The number of unbranched alkanes of at least 4 members (excludes halogenated alkanes) is 1. The Labute approximate surface area is 225 Å². The summed E-state index contributed by atoms with van der Waals surface area (Å²) in [6.07, 6.45) is -1.03. The van der Waals surface area contributed by atoms with Gasteiger partial charge >= 0.3 is 18.3 Å². The van der Waals surface area contributed by atoms with Crippen molar-refractivity contribution < 1.29 is 38.5 Å². The first kappa shape index (κ1) is 28.9. The summed E-state index contributed by atoms with van der Waals surface area (Å²) in [6.45, 7) is 2.46. The number of benzene rings is 2. The Morgan fingerprint density at radius 2 is 1.74 bits per heavy atom. The van der Waals surface area contributed by atoms with Crippen molar-refractivity contribution in [1.82, 2.24) is 21.3 Å². The number of nitrogens with one attached hydrogen (secondary N) is 4. The average Bonchev–Trinajstić information content (AvgIpc) is 3.38. The largest absolute Gasteiger partial charge is 0.514 e. The number of nitrogen functional groups attached to an aromatic ring is 1. The Morgan fingerprint density at radius 1 is 1.00 bits per heavy atom. The standard InChI is InChI=1S/C26H33N5O8/c1-2-19(17-8-11-21-22(13-17)38-15-37-21)30-24(33)31-20(5-3-4-12-28-25(34)39-26(35)36)23(32)29-14-16-6-9-18(27)10-7-16/h6-11,13,19-20H,2-5,12,14-15,27H2,1H3,(H,28,34)(H,29,32)(H,35,36)(H2,30,31,33)/t19-,20-/m0/s1. The molecular formula is C26H33N5O8. The first-order valence-electron chi connectivity index (χ1n) is 12.5. The molecule has 0 fully saturated rings. The summed E-state index contributed by atoms with van der Waals surface area (Å²) in [7, 11) is 0. The summed E-state index contributed by atoms with van der Waals surface area (Å²) in [4.78, 5) is 47.6. The fourth-order valence-corrected chi connectivity index (χ4v) is 3.91. The molecule has 0 saturated carbocycles. The number of hydrogen-bond donors (Lipinski definition) is 6. The number of ether oxygens (including phenoxy) is 3. The Hall–Kier alpha value is -4.68. The third kappa shape index (κ3) is 9.29. The maximum atomic E-state index is 13.0.